The van der Waals surface area contributed by atoms with Gasteiger partial charge in [0, 0.05) is 18.8 Å². The van der Waals surface area contributed by atoms with Crippen LogP contribution >= 0.6 is 0 Å². The summed E-state index contributed by atoms with van der Waals surface area (Å²) in [5, 5.41) is 16.7. The molecule has 0 saturated heterocycles. The number of carbonyl (C=O) groups is 3. The molecule has 2 rings (SSSR count). The number of hydrogen-bond donors (Lipinski definition) is 2. The van der Waals surface area contributed by atoms with Crippen LogP contribution in [0, 0.1) is 0 Å². The van der Waals surface area contributed by atoms with Crippen molar-refractivity contribution < 1.29 is 33.7 Å². The Labute approximate surface area is 166 Å². The maximum Gasteiger partial charge on any atom is 0.407 e. The molecule has 0 unspecified atom stereocenters. The third kappa shape index (κ3) is 6.37. The zero-order valence-corrected chi connectivity index (χ0v) is 15.9. The van der Waals surface area contributed by atoms with Crippen LogP contribution in [0.15, 0.2) is 35.4 Å². The van der Waals surface area contributed by atoms with E-state index in [-0.39, 0.29) is 13.0 Å². The van der Waals surface area contributed by atoms with Crippen LogP contribution in [0.3, 0.4) is 0 Å². The Hall–Kier alpha value is -3.30. The fourth-order valence-electron chi connectivity index (χ4n) is 3.08. The van der Waals surface area contributed by atoms with E-state index in [4.69, 9.17) is 19.7 Å². The van der Waals surface area contributed by atoms with Crippen molar-refractivity contribution in [3.05, 3.63) is 46.3 Å². The topological polar surface area (TPSA) is 160 Å². The Kier molecular flexibility index (Phi) is 7.81. The standard InChI is InChI=1S/C18H22N4O7/c1-10(23)28-16-14(21-22-19)8-13(15(25)17(16)29-11(2)24)20-18(26)27-9-12-6-4-3-5-7-12/h3-7,13-17,25H,8-9H2,1-2H3,(H,20,26)/t13-,14+,15+,16-,17-/m0/s1. The highest BCUT2D eigenvalue weighted by molar-refractivity contribution is 5.69. The van der Waals surface area contributed by atoms with E-state index in [1.807, 2.05) is 6.07 Å². The summed E-state index contributed by atoms with van der Waals surface area (Å²) in [6, 6.07) is 7.03. The SMILES string of the molecule is CC(=O)O[C@@H]1[C@@H](OC(C)=O)[C@H](O)[C@@H](NC(=O)OCc2ccccc2)C[C@H]1N=[N+]=[N-]. The van der Waals surface area contributed by atoms with E-state index in [1.165, 1.54) is 0 Å². The number of alkyl carbamates (subject to hydrolysis) is 1. The number of rotatable bonds is 6. The zero-order chi connectivity index (χ0) is 21.4. The van der Waals surface area contributed by atoms with Gasteiger partial charge in [-0.3, -0.25) is 9.59 Å². The monoisotopic (exact) mass is 406 g/mol. The number of nitrogens with one attached hydrogen (secondary N) is 1. The fourth-order valence-corrected chi connectivity index (χ4v) is 3.08. The molecule has 156 valence electrons. The van der Waals surface area contributed by atoms with Gasteiger partial charge in [0.15, 0.2) is 6.10 Å². The van der Waals surface area contributed by atoms with E-state index >= 15 is 0 Å². The molecule has 1 aliphatic carbocycles. The summed E-state index contributed by atoms with van der Waals surface area (Å²) >= 11 is 0. The first-order valence-electron chi connectivity index (χ1n) is 8.85. The molecule has 1 aromatic carbocycles. The summed E-state index contributed by atoms with van der Waals surface area (Å²) in [5.74, 6) is -1.44. The summed E-state index contributed by atoms with van der Waals surface area (Å²) in [6.07, 6.45) is -4.81. The highest BCUT2D eigenvalue weighted by Crippen LogP contribution is 2.28. The van der Waals surface area contributed by atoms with Crippen molar-refractivity contribution in [3.63, 3.8) is 0 Å². The molecule has 11 heteroatoms. The van der Waals surface area contributed by atoms with Crippen LogP contribution in [0.1, 0.15) is 25.8 Å². The third-order valence-corrected chi connectivity index (χ3v) is 4.27. The van der Waals surface area contributed by atoms with Gasteiger partial charge < -0.3 is 24.6 Å². The van der Waals surface area contributed by atoms with Crippen molar-refractivity contribution >= 4 is 18.0 Å². The van der Waals surface area contributed by atoms with Gasteiger partial charge in [-0.25, -0.2) is 4.79 Å². The number of hydrogen-bond acceptors (Lipinski definition) is 8. The molecular formula is C18H22N4O7. The molecule has 5 atom stereocenters. The number of azide groups is 1. The van der Waals surface area contributed by atoms with Crippen LogP contribution in [0.5, 0.6) is 0 Å². The Morgan fingerprint density at radius 1 is 1.17 bits per heavy atom. The van der Waals surface area contributed by atoms with Crippen LogP contribution in [0.2, 0.25) is 0 Å². The number of aliphatic hydroxyl groups excluding tert-OH is 1. The van der Waals surface area contributed by atoms with E-state index in [9.17, 15) is 19.5 Å². The Morgan fingerprint density at radius 2 is 1.79 bits per heavy atom. The molecule has 1 aliphatic rings. The first kappa shape index (κ1) is 22.0. The molecule has 1 fully saturated rings. The summed E-state index contributed by atoms with van der Waals surface area (Å²) in [7, 11) is 0. The average molecular weight is 406 g/mol. The number of ether oxygens (including phenoxy) is 3. The van der Waals surface area contributed by atoms with E-state index in [1.54, 1.807) is 24.3 Å². The lowest BCUT2D eigenvalue weighted by molar-refractivity contribution is -0.185. The molecule has 2 N–H and O–H groups in total. The highest BCUT2D eigenvalue weighted by atomic mass is 16.6. The first-order valence-corrected chi connectivity index (χ1v) is 8.85. The second-order valence-corrected chi connectivity index (χ2v) is 6.46. The predicted octanol–water partition coefficient (Wildman–Crippen LogP) is 1.59. The van der Waals surface area contributed by atoms with Crippen LogP contribution in [0.25, 0.3) is 10.4 Å². The maximum absolute atomic E-state index is 12.1. The number of esters is 2. The molecule has 1 saturated carbocycles. The molecule has 0 radical (unpaired) electrons. The molecule has 29 heavy (non-hydrogen) atoms. The summed E-state index contributed by atoms with van der Waals surface area (Å²) in [6.45, 7) is 2.26. The molecule has 0 heterocycles. The summed E-state index contributed by atoms with van der Waals surface area (Å²) in [5.41, 5.74) is 9.59. The van der Waals surface area contributed by atoms with Gasteiger partial charge in [-0.15, -0.1) is 0 Å². The molecule has 0 spiro atoms. The number of benzene rings is 1. The van der Waals surface area contributed by atoms with Crippen LogP contribution in [-0.4, -0.2) is 53.5 Å². The van der Waals surface area contributed by atoms with Crippen LogP contribution in [0.4, 0.5) is 4.79 Å². The lowest BCUT2D eigenvalue weighted by atomic mass is 9.84. The van der Waals surface area contributed by atoms with E-state index in [0.717, 1.165) is 19.4 Å². The number of amides is 1. The molecule has 11 nitrogen and oxygen atoms in total. The van der Waals surface area contributed by atoms with Crippen molar-refractivity contribution in [2.24, 2.45) is 5.11 Å². The number of aliphatic hydroxyl groups is 1. The minimum atomic E-state index is -1.42. The van der Waals surface area contributed by atoms with Gasteiger partial charge >= 0.3 is 18.0 Å². The molecule has 0 bridgehead atoms. The smallest absolute Gasteiger partial charge is 0.407 e. The van der Waals surface area contributed by atoms with Crippen LogP contribution in [-0.2, 0) is 30.4 Å². The summed E-state index contributed by atoms with van der Waals surface area (Å²) in [4.78, 5) is 37.7. The van der Waals surface area contributed by atoms with Crippen molar-refractivity contribution in [2.45, 2.75) is 57.3 Å². The Bertz CT molecular complexity index is 782. The molecule has 1 aromatic rings. The zero-order valence-electron chi connectivity index (χ0n) is 15.9. The lowest BCUT2D eigenvalue weighted by Gasteiger charge is -2.41. The van der Waals surface area contributed by atoms with E-state index < -0.39 is 48.4 Å². The maximum atomic E-state index is 12.1. The first-order chi connectivity index (χ1) is 13.8. The average Bonchev–Trinajstić information content (AvgIpc) is 2.67. The fraction of sp³-hybridized carbons (Fsp3) is 0.500. The third-order valence-electron chi connectivity index (χ3n) is 4.27. The van der Waals surface area contributed by atoms with Gasteiger partial charge in [-0.1, -0.05) is 35.4 Å². The quantitative estimate of drug-likeness (QED) is 0.238. The van der Waals surface area contributed by atoms with Gasteiger partial charge in [-0.05, 0) is 17.5 Å². The van der Waals surface area contributed by atoms with Gasteiger partial charge in [0.25, 0.3) is 0 Å². The van der Waals surface area contributed by atoms with Gasteiger partial charge in [0.2, 0.25) is 0 Å². The largest absolute Gasteiger partial charge is 0.458 e. The van der Waals surface area contributed by atoms with Gasteiger partial charge in [0.05, 0.1) is 12.1 Å². The minimum Gasteiger partial charge on any atom is -0.458 e. The predicted molar refractivity (Wildman–Crippen MR) is 98.2 cm³/mol. The second-order valence-electron chi connectivity index (χ2n) is 6.46. The summed E-state index contributed by atoms with van der Waals surface area (Å²) < 4.78 is 15.3. The van der Waals surface area contributed by atoms with Crippen molar-refractivity contribution in [1.29, 1.82) is 0 Å². The van der Waals surface area contributed by atoms with E-state index in [0.29, 0.717) is 0 Å². The molecule has 0 aromatic heterocycles. The Morgan fingerprint density at radius 3 is 2.38 bits per heavy atom. The Balaban J connectivity index is 2.12. The molecule has 0 aliphatic heterocycles. The number of nitrogens with zero attached hydrogens (tertiary/aromatic N) is 3. The normalized spacial score (nSPS) is 25.8. The molecular weight excluding hydrogens is 384 g/mol. The van der Waals surface area contributed by atoms with Gasteiger partial charge in [-0.2, -0.15) is 0 Å². The minimum absolute atomic E-state index is 0.0126. The van der Waals surface area contributed by atoms with Crippen molar-refractivity contribution in [2.75, 3.05) is 0 Å². The van der Waals surface area contributed by atoms with Crippen molar-refractivity contribution in [1.82, 2.24) is 5.32 Å². The molecule has 1 amide bonds. The van der Waals surface area contributed by atoms with Crippen molar-refractivity contribution in [3.8, 4) is 0 Å². The van der Waals surface area contributed by atoms with Crippen LogP contribution < -0.4 is 5.32 Å². The van der Waals surface area contributed by atoms with Gasteiger partial charge in [0.1, 0.15) is 18.8 Å². The highest BCUT2D eigenvalue weighted by Gasteiger charge is 2.48. The lowest BCUT2D eigenvalue weighted by Crippen LogP contribution is -2.62. The van der Waals surface area contributed by atoms with E-state index in [2.05, 4.69) is 15.3 Å². The second kappa shape index (κ2) is 10.3. The number of carbonyl (C=O) groups excluding carboxylic acids is 3.